The zero-order chi connectivity index (χ0) is 38.0. The van der Waals surface area contributed by atoms with Gasteiger partial charge < -0.3 is 9.13 Å². The summed E-state index contributed by atoms with van der Waals surface area (Å²) in [5.74, 6) is 0. The molecule has 0 bridgehead atoms. The van der Waals surface area contributed by atoms with Gasteiger partial charge in [0.25, 0.3) is 0 Å². The molecule has 10 aromatic rings. The zero-order valence-corrected chi connectivity index (χ0v) is 29.8. The minimum Gasteiger partial charge on any atom is -0.310 e. The van der Waals surface area contributed by atoms with Crippen molar-refractivity contribution in [3.8, 4) is 44.8 Å². The summed E-state index contributed by atoms with van der Waals surface area (Å²) < 4.78 is 48.4. The fourth-order valence-electron chi connectivity index (χ4n) is 8.28. The maximum atomic E-state index is 14.7. The van der Waals surface area contributed by atoms with Gasteiger partial charge in [0.1, 0.15) is 0 Å². The van der Waals surface area contributed by atoms with E-state index >= 15 is 0 Å². The topological polar surface area (TPSA) is 14.2 Å². The molecule has 0 unspecified atom stereocenters. The first-order valence-electron chi connectivity index (χ1n) is 18.3. The molecule has 3 nitrogen and oxygen atoms in total. The molecule has 0 saturated carbocycles. The van der Waals surface area contributed by atoms with E-state index in [0.717, 1.165) is 71.9 Å². The Morgan fingerprint density at radius 1 is 0.411 bits per heavy atom. The van der Waals surface area contributed by atoms with Crippen LogP contribution in [-0.4, -0.2) is 9.13 Å². The van der Waals surface area contributed by atoms with Gasteiger partial charge in [-0.25, -0.2) is 4.85 Å². The number of benzene rings is 8. The standard InChI is InChI=1S/C50H30F3N3/c1-54-42-19-12-22-48(56-44-21-11-9-18-38(44)40-30-35(24-27-46(40)56)33-15-6-3-7-16-33)49(42)41-31-36(50(51,52)53)25-28-47(41)55-43-20-10-8-17-37(43)39-29-34(23-26-45(39)55)32-13-4-2-5-14-32/h2-31H. The van der Waals surface area contributed by atoms with Crippen molar-refractivity contribution < 1.29 is 13.2 Å². The van der Waals surface area contributed by atoms with Gasteiger partial charge in [-0.15, -0.1) is 0 Å². The van der Waals surface area contributed by atoms with Gasteiger partial charge in [0.15, 0.2) is 5.69 Å². The molecule has 10 rings (SSSR count). The molecule has 6 heteroatoms. The third kappa shape index (κ3) is 5.28. The maximum Gasteiger partial charge on any atom is 0.416 e. The largest absolute Gasteiger partial charge is 0.416 e. The molecule has 0 saturated heterocycles. The van der Waals surface area contributed by atoms with Gasteiger partial charge in [-0.05, 0) is 88.5 Å². The molecule has 0 atom stereocenters. The molecule has 2 aromatic heterocycles. The molecule has 0 spiro atoms. The highest BCUT2D eigenvalue weighted by atomic mass is 19.4. The van der Waals surface area contributed by atoms with Crippen LogP contribution in [0.25, 0.3) is 93.2 Å². The molecule has 0 aliphatic heterocycles. The van der Waals surface area contributed by atoms with Crippen LogP contribution in [0.2, 0.25) is 0 Å². The zero-order valence-electron chi connectivity index (χ0n) is 29.8. The Balaban J connectivity index is 1.29. The number of halogens is 3. The maximum absolute atomic E-state index is 14.7. The van der Waals surface area contributed by atoms with E-state index < -0.39 is 11.7 Å². The highest BCUT2D eigenvalue weighted by Gasteiger charge is 2.33. The summed E-state index contributed by atoms with van der Waals surface area (Å²) in [4.78, 5) is 3.96. The highest BCUT2D eigenvalue weighted by molar-refractivity contribution is 6.13. The predicted molar refractivity (Wildman–Crippen MR) is 223 cm³/mol. The Morgan fingerprint density at radius 2 is 0.911 bits per heavy atom. The van der Waals surface area contributed by atoms with E-state index in [1.807, 2.05) is 102 Å². The van der Waals surface area contributed by atoms with Crippen molar-refractivity contribution in [3.05, 3.63) is 199 Å². The van der Waals surface area contributed by atoms with Gasteiger partial charge in [0, 0.05) is 32.8 Å². The van der Waals surface area contributed by atoms with Crippen LogP contribution in [0, 0.1) is 6.57 Å². The fraction of sp³-hybridized carbons (Fsp3) is 0.0200. The Hall–Kier alpha value is -7.36. The third-order valence-electron chi connectivity index (χ3n) is 10.8. The van der Waals surface area contributed by atoms with E-state index in [-0.39, 0.29) is 5.69 Å². The molecular weight excluding hydrogens is 700 g/mol. The normalized spacial score (nSPS) is 11.8. The van der Waals surface area contributed by atoms with Crippen molar-refractivity contribution in [2.24, 2.45) is 0 Å². The van der Waals surface area contributed by atoms with Crippen molar-refractivity contribution in [2.75, 3.05) is 0 Å². The van der Waals surface area contributed by atoms with Crippen LogP contribution in [0.15, 0.2) is 182 Å². The van der Waals surface area contributed by atoms with Crippen molar-refractivity contribution >= 4 is 49.3 Å². The Bertz CT molecular complexity index is 3180. The Kier molecular flexibility index (Phi) is 7.65. The molecule has 0 amide bonds. The van der Waals surface area contributed by atoms with Crippen LogP contribution in [0.4, 0.5) is 18.9 Å². The van der Waals surface area contributed by atoms with Crippen LogP contribution in [0.3, 0.4) is 0 Å². The number of aromatic nitrogens is 2. The molecular formula is C50H30F3N3. The van der Waals surface area contributed by atoms with E-state index in [0.29, 0.717) is 22.5 Å². The lowest BCUT2D eigenvalue weighted by atomic mass is 9.96. The summed E-state index contributed by atoms with van der Waals surface area (Å²) in [7, 11) is 0. The first kappa shape index (κ1) is 33.2. The molecule has 8 aromatic carbocycles. The second-order valence-electron chi connectivity index (χ2n) is 13.9. The summed E-state index contributed by atoms with van der Waals surface area (Å²) >= 11 is 0. The molecule has 0 fully saturated rings. The molecule has 2 heterocycles. The Morgan fingerprint density at radius 3 is 1.45 bits per heavy atom. The molecule has 0 aliphatic rings. The van der Waals surface area contributed by atoms with Crippen molar-refractivity contribution in [1.82, 2.24) is 9.13 Å². The van der Waals surface area contributed by atoms with E-state index in [4.69, 9.17) is 6.57 Å². The Labute approximate surface area is 320 Å². The molecule has 266 valence electrons. The summed E-state index contributed by atoms with van der Waals surface area (Å²) in [6.07, 6.45) is -4.62. The van der Waals surface area contributed by atoms with Gasteiger partial charge in [-0.1, -0.05) is 121 Å². The van der Waals surface area contributed by atoms with Crippen molar-refractivity contribution in [3.63, 3.8) is 0 Å². The number of alkyl halides is 3. The second kappa shape index (κ2) is 12.9. The lowest BCUT2D eigenvalue weighted by Gasteiger charge is -2.21. The quantitative estimate of drug-likeness (QED) is 0.157. The number of hydrogen-bond donors (Lipinski definition) is 0. The number of rotatable bonds is 5. The fourth-order valence-corrected chi connectivity index (χ4v) is 8.28. The molecule has 0 N–H and O–H groups in total. The van der Waals surface area contributed by atoms with E-state index in [1.54, 1.807) is 12.1 Å². The predicted octanol–water partition coefficient (Wildman–Crippen LogP) is 14.5. The number of fused-ring (bicyclic) bond motifs is 6. The van der Waals surface area contributed by atoms with E-state index in [1.165, 1.54) is 6.07 Å². The first-order chi connectivity index (χ1) is 27.4. The van der Waals surface area contributed by atoms with Crippen LogP contribution in [0.1, 0.15) is 5.56 Å². The average molecular weight is 730 g/mol. The van der Waals surface area contributed by atoms with Crippen molar-refractivity contribution in [1.29, 1.82) is 0 Å². The second-order valence-corrected chi connectivity index (χ2v) is 13.9. The van der Waals surface area contributed by atoms with Gasteiger partial charge >= 0.3 is 6.18 Å². The monoisotopic (exact) mass is 729 g/mol. The van der Waals surface area contributed by atoms with Gasteiger partial charge in [-0.2, -0.15) is 13.2 Å². The SMILES string of the molecule is [C-]#[N+]c1cccc(-n2c3ccccc3c3cc(-c4ccccc4)ccc32)c1-c1cc(C(F)(F)F)ccc1-n1c2ccccc2c2cc(-c3ccccc3)ccc21. The van der Waals surface area contributed by atoms with Gasteiger partial charge in [0.2, 0.25) is 0 Å². The van der Waals surface area contributed by atoms with Crippen LogP contribution in [-0.2, 0) is 6.18 Å². The summed E-state index contributed by atoms with van der Waals surface area (Å²) in [6.45, 7) is 8.38. The lowest BCUT2D eigenvalue weighted by Crippen LogP contribution is -2.08. The summed E-state index contributed by atoms with van der Waals surface area (Å²) in [5.41, 5.74) is 9.05. The van der Waals surface area contributed by atoms with Crippen molar-refractivity contribution in [2.45, 2.75) is 6.18 Å². The van der Waals surface area contributed by atoms with Crippen LogP contribution in [0.5, 0.6) is 0 Å². The van der Waals surface area contributed by atoms with E-state index in [9.17, 15) is 13.2 Å². The molecule has 0 radical (unpaired) electrons. The summed E-state index contributed by atoms with van der Waals surface area (Å²) in [5, 5.41) is 3.95. The van der Waals surface area contributed by atoms with Gasteiger partial charge in [-0.3, -0.25) is 0 Å². The minimum atomic E-state index is -4.62. The third-order valence-corrected chi connectivity index (χ3v) is 10.8. The number of hydrogen-bond acceptors (Lipinski definition) is 0. The van der Waals surface area contributed by atoms with Gasteiger partial charge in [0.05, 0.1) is 39.9 Å². The minimum absolute atomic E-state index is 0.252. The smallest absolute Gasteiger partial charge is 0.310 e. The summed E-state index contributed by atoms with van der Waals surface area (Å²) in [6, 6.07) is 58.1. The highest BCUT2D eigenvalue weighted by Crippen LogP contribution is 2.47. The van der Waals surface area contributed by atoms with E-state index in [2.05, 4.69) is 70.1 Å². The number of para-hydroxylation sites is 2. The first-order valence-corrected chi connectivity index (χ1v) is 18.3. The molecule has 56 heavy (non-hydrogen) atoms. The average Bonchev–Trinajstić information content (AvgIpc) is 3.75. The van der Waals surface area contributed by atoms with Crippen LogP contribution >= 0.6 is 0 Å². The molecule has 0 aliphatic carbocycles. The number of nitrogens with zero attached hydrogens (tertiary/aromatic N) is 3. The lowest BCUT2D eigenvalue weighted by molar-refractivity contribution is -0.137. The van der Waals surface area contributed by atoms with Crippen LogP contribution < -0.4 is 0 Å².